The standard InChI is InChI=1S/C11H21N3O5/c12-9(15)6-5-8(11(17)18)14-7-3-1-2-4-10(16)19-13/h8,14H,1-7,13H2,(H2,12,15)(H,17,18)/t8-/m0/s1. The summed E-state index contributed by atoms with van der Waals surface area (Å²) in [6, 6.07) is -0.776. The third-order valence-corrected chi connectivity index (χ3v) is 2.56. The lowest BCUT2D eigenvalue weighted by Gasteiger charge is -2.13. The Morgan fingerprint density at radius 3 is 2.37 bits per heavy atom. The van der Waals surface area contributed by atoms with Crippen molar-refractivity contribution in [1.29, 1.82) is 0 Å². The van der Waals surface area contributed by atoms with E-state index in [9.17, 15) is 14.4 Å². The number of hydrogen-bond acceptors (Lipinski definition) is 6. The summed E-state index contributed by atoms with van der Waals surface area (Å²) in [5.41, 5.74) is 4.96. The van der Waals surface area contributed by atoms with E-state index in [1.54, 1.807) is 0 Å². The molecule has 0 heterocycles. The lowest BCUT2D eigenvalue weighted by Crippen LogP contribution is -2.38. The van der Waals surface area contributed by atoms with Crippen molar-refractivity contribution < 1.29 is 24.3 Å². The molecule has 1 atom stereocenters. The predicted molar refractivity (Wildman–Crippen MR) is 66.6 cm³/mol. The van der Waals surface area contributed by atoms with Gasteiger partial charge in [0.1, 0.15) is 6.04 Å². The van der Waals surface area contributed by atoms with E-state index < -0.39 is 23.9 Å². The van der Waals surface area contributed by atoms with Gasteiger partial charge in [0.25, 0.3) is 0 Å². The van der Waals surface area contributed by atoms with Crippen LogP contribution in [0.4, 0.5) is 0 Å². The van der Waals surface area contributed by atoms with Gasteiger partial charge in [-0.15, -0.1) is 0 Å². The Kier molecular flexibility index (Phi) is 9.37. The average Bonchev–Trinajstić information content (AvgIpc) is 2.35. The molecule has 0 aromatic rings. The number of rotatable bonds is 11. The van der Waals surface area contributed by atoms with Gasteiger partial charge in [0.15, 0.2) is 0 Å². The van der Waals surface area contributed by atoms with Crippen molar-refractivity contribution in [3.63, 3.8) is 0 Å². The molecule has 8 heteroatoms. The minimum atomic E-state index is -1.01. The number of unbranched alkanes of at least 4 members (excludes halogenated alkanes) is 2. The summed E-state index contributed by atoms with van der Waals surface area (Å²) in [6.07, 6.45) is 2.57. The maximum Gasteiger partial charge on any atom is 0.324 e. The monoisotopic (exact) mass is 275 g/mol. The first-order valence-electron chi connectivity index (χ1n) is 6.11. The maximum absolute atomic E-state index is 10.9. The summed E-state index contributed by atoms with van der Waals surface area (Å²) in [5, 5.41) is 11.7. The number of nitrogens with two attached hydrogens (primary N) is 2. The molecule has 0 fully saturated rings. The van der Waals surface area contributed by atoms with Crippen LogP contribution in [0.1, 0.15) is 38.5 Å². The number of carboxylic acids is 1. The lowest BCUT2D eigenvalue weighted by molar-refractivity contribution is -0.144. The molecule has 0 aliphatic heterocycles. The number of amides is 1. The highest BCUT2D eigenvalue weighted by Crippen LogP contribution is 2.02. The van der Waals surface area contributed by atoms with E-state index in [1.807, 2.05) is 0 Å². The molecular weight excluding hydrogens is 254 g/mol. The van der Waals surface area contributed by atoms with Crippen molar-refractivity contribution in [3.8, 4) is 0 Å². The van der Waals surface area contributed by atoms with Crippen LogP contribution < -0.4 is 16.9 Å². The molecule has 0 aliphatic carbocycles. The zero-order chi connectivity index (χ0) is 14.7. The van der Waals surface area contributed by atoms with Crippen molar-refractivity contribution in [1.82, 2.24) is 5.32 Å². The maximum atomic E-state index is 10.9. The molecule has 110 valence electrons. The van der Waals surface area contributed by atoms with Crippen molar-refractivity contribution in [2.24, 2.45) is 11.6 Å². The molecule has 0 saturated heterocycles. The summed E-state index contributed by atoms with van der Waals surface area (Å²) >= 11 is 0. The van der Waals surface area contributed by atoms with Gasteiger partial charge in [-0.25, -0.2) is 0 Å². The van der Waals surface area contributed by atoms with Crippen LogP contribution in [0.2, 0.25) is 0 Å². The van der Waals surface area contributed by atoms with E-state index in [2.05, 4.69) is 16.1 Å². The molecule has 1 amide bonds. The summed E-state index contributed by atoms with van der Waals surface area (Å²) in [6.45, 7) is 0.493. The van der Waals surface area contributed by atoms with E-state index in [1.165, 1.54) is 0 Å². The number of nitrogens with one attached hydrogen (secondary N) is 1. The second-order valence-corrected chi connectivity index (χ2v) is 4.15. The highest BCUT2D eigenvalue weighted by atomic mass is 16.7. The molecule has 6 N–H and O–H groups in total. The van der Waals surface area contributed by atoms with Gasteiger partial charge >= 0.3 is 11.9 Å². The van der Waals surface area contributed by atoms with Gasteiger partial charge in [-0.1, -0.05) is 6.42 Å². The van der Waals surface area contributed by atoms with Crippen LogP contribution in [0, 0.1) is 0 Å². The van der Waals surface area contributed by atoms with Crippen molar-refractivity contribution in [2.75, 3.05) is 6.54 Å². The second-order valence-electron chi connectivity index (χ2n) is 4.15. The summed E-state index contributed by atoms with van der Waals surface area (Å²) in [7, 11) is 0. The Morgan fingerprint density at radius 1 is 1.16 bits per heavy atom. The molecule has 0 spiro atoms. The fourth-order valence-electron chi connectivity index (χ4n) is 1.51. The Balaban J connectivity index is 3.67. The lowest BCUT2D eigenvalue weighted by atomic mass is 10.1. The summed E-state index contributed by atoms with van der Waals surface area (Å²) in [5.74, 6) is 2.69. The molecule has 8 nitrogen and oxygen atoms in total. The molecule has 0 aliphatic rings. The molecular formula is C11H21N3O5. The molecule has 0 aromatic heterocycles. The number of carbonyl (C=O) groups is 3. The van der Waals surface area contributed by atoms with Gasteiger partial charge in [0.2, 0.25) is 5.91 Å². The van der Waals surface area contributed by atoms with E-state index in [0.29, 0.717) is 13.0 Å². The summed E-state index contributed by atoms with van der Waals surface area (Å²) in [4.78, 5) is 36.2. The number of carboxylic acid groups (broad SMARTS) is 1. The molecule has 0 aromatic carbocycles. The van der Waals surface area contributed by atoms with E-state index >= 15 is 0 Å². The fourth-order valence-corrected chi connectivity index (χ4v) is 1.51. The molecule has 19 heavy (non-hydrogen) atoms. The Morgan fingerprint density at radius 2 is 1.84 bits per heavy atom. The Labute approximate surface area is 111 Å². The predicted octanol–water partition coefficient (Wildman–Crippen LogP) is -0.728. The van der Waals surface area contributed by atoms with Crippen LogP contribution in [-0.4, -0.2) is 35.5 Å². The van der Waals surface area contributed by atoms with Crippen LogP contribution in [0.25, 0.3) is 0 Å². The van der Waals surface area contributed by atoms with Gasteiger partial charge < -0.3 is 21.0 Å². The van der Waals surface area contributed by atoms with E-state index in [-0.39, 0.29) is 19.3 Å². The molecule has 0 unspecified atom stereocenters. The largest absolute Gasteiger partial charge is 0.480 e. The fraction of sp³-hybridized carbons (Fsp3) is 0.727. The molecule has 0 bridgehead atoms. The third kappa shape index (κ3) is 9.98. The van der Waals surface area contributed by atoms with Gasteiger partial charge in [-0.3, -0.25) is 14.4 Å². The van der Waals surface area contributed by atoms with E-state index in [4.69, 9.17) is 10.8 Å². The number of aliphatic carboxylic acids is 1. The molecule has 0 saturated carbocycles. The van der Waals surface area contributed by atoms with Gasteiger partial charge in [0.05, 0.1) is 0 Å². The average molecular weight is 275 g/mol. The molecule has 0 radical (unpaired) electrons. The smallest absolute Gasteiger partial charge is 0.324 e. The van der Waals surface area contributed by atoms with Crippen LogP contribution in [0.3, 0.4) is 0 Å². The number of carbonyl (C=O) groups excluding carboxylic acids is 2. The minimum absolute atomic E-state index is 0.0340. The highest BCUT2D eigenvalue weighted by Gasteiger charge is 2.16. The third-order valence-electron chi connectivity index (χ3n) is 2.56. The highest BCUT2D eigenvalue weighted by molar-refractivity contribution is 5.77. The first-order chi connectivity index (χ1) is 8.97. The first kappa shape index (κ1) is 17.3. The van der Waals surface area contributed by atoms with Crippen molar-refractivity contribution >= 4 is 17.8 Å². The van der Waals surface area contributed by atoms with Crippen molar-refractivity contribution in [2.45, 2.75) is 44.6 Å². The number of hydrogen-bond donors (Lipinski definition) is 4. The Bertz CT molecular complexity index is 309. The minimum Gasteiger partial charge on any atom is -0.480 e. The zero-order valence-corrected chi connectivity index (χ0v) is 10.8. The second kappa shape index (κ2) is 10.3. The van der Waals surface area contributed by atoms with Crippen LogP contribution >= 0.6 is 0 Å². The topological polar surface area (TPSA) is 145 Å². The SMILES string of the molecule is NOC(=O)CCCCCN[C@@H](CCC(N)=O)C(=O)O. The summed E-state index contributed by atoms with van der Waals surface area (Å²) < 4.78 is 0. The van der Waals surface area contributed by atoms with Crippen LogP contribution in [-0.2, 0) is 19.2 Å². The van der Waals surface area contributed by atoms with Gasteiger partial charge in [-0.2, -0.15) is 5.90 Å². The molecule has 0 rings (SSSR count). The normalized spacial score (nSPS) is 11.8. The van der Waals surface area contributed by atoms with Crippen LogP contribution in [0.15, 0.2) is 0 Å². The van der Waals surface area contributed by atoms with Crippen LogP contribution in [0.5, 0.6) is 0 Å². The van der Waals surface area contributed by atoms with Crippen molar-refractivity contribution in [3.05, 3.63) is 0 Å². The quantitative estimate of drug-likeness (QED) is 0.287. The van der Waals surface area contributed by atoms with E-state index in [0.717, 1.165) is 12.8 Å². The number of primary amides is 1. The first-order valence-corrected chi connectivity index (χ1v) is 6.11. The van der Waals surface area contributed by atoms with Gasteiger partial charge in [-0.05, 0) is 25.8 Å². The van der Waals surface area contributed by atoms with Gasteiger partial charge in [0, 0.05) is 12.8 Å². The Hall–Kier alpha value is -1.67. The zero-order valence-electron chi connectivity index (χ0n) is 10.8.